The van der Waals surface area contributed by atoms with Gasteiger partial charge in [-0.15, -0.1) is 0 Å². The molecule has 0 N–H and O–H groups in total. The lowest BCUT2D eigenvalue weighted by Gasteiger charge is -1.93. The molecule has 0 saturated heterocycles. The molecule has 0 radical (unpaired) electrons. The monoisotopic (exact) mass is 206 g/mol. The molecule has 0 atom stereocenters. The number of allylic oxidation sites excluding steroid dienone is 2. The molecule has 0 saturated carbocycles. The quantitative estimate of drug-likeness (QED) is 0.710. The molecule has 0 aliphatic heterocycles. The Morgan fingerprint density at radius 2 is 1.93 bits per heavy atom. The fourth-order valence-corrected chi connectivity index (χ4v) is 0.840. The molecule has 2 heteroatoms. The van der Waals surface area contributed by atoms with Crippen LogP contribution in [0.1, 0.15) is 20.3 Å². The lowest BCUT2D eigenvalue weighted by Crippen LogP contribution is -1.82. The van der Waals surface area contributed by atoms with Gasteiger partial charge >= 0.3 is 0 Å². The number of Topliss-reactive ketones (excluding diaryl/α,β-unsaturated/α-hetero) is 1. The molecule has 0 spiro atoms. The summed E-state index contributed by atoms with van der Waals surface area (Å²) in [6.07, 6.45) is 4.31. The SMILES string of the molecule is C/C=C/CC(C)=O.COc1ccccc1. The summed E-state index contributed by atoms with van der Waals surface area (Å²) in [6, 6.07) is 9.68. The molecule has 15 heavy (non-hydrogen) atoms. The molecule has 0 heterocycles. The minimum atomic E-state index is 0.220. The predicted octanol–water partition coefficient (Wildman–Crippen LogP) is 3.24. The van der Waals surface area contributed by atoms with Crippen molar-refractivity contribution in [2.45, 2.75) is 20.3 Å². The summed E-state index contributed by atoms with van der Waals surface area (Å²) >= 11 is 0. The molecule has 0 unspecified atom stereocenters. The number of para-hydroxylation sites is 1. The molecule has 0 aromatic heterocycles. The van der Waals surface area contributed by atoms with Gasteiger partial charge in [0.15, 0.2) is 0 Å². The highest BCUT2D eigenvalue weighted by Gasteiger charge is 1.81. The second-order valence-corrected chi connectivity index (χ2v) is 2.99. The molecule has 0 aliphatic rings. The summed E-state index contributed by atoms with van der Waals surface area (Å²) in [6.45, 7) is 3.49. The Morgan fingerprint density at radius 3 is 2.20 bits per heavy atom. The fraction of sp³-hybridized carbons (Fsp3) is 0.308. The van der Waals surface area contributed by atoms with Crippen LogP contribution in [-0.4, -0.2) is 12.9 Å². The van der Waals surface area contributed by atoms with Gasteiger partial charge in [0.25, 0.3) is 0 Å². The zero-order valence-electron chi connectivity index (χ0n) is 9.57. The van der Waals surface area contributed by atoms with Crippen LogP contribution >= 0.6 is 0 Å². The Hall–Kier alpha value is -1.57. The number of benzene rings is 1. The van der Waals surface area contributed by atoms with Crippen molar-refractivity contribution in [3.8, 4) is 5.75 Å². The first-order valence-electron chi connectivity index (χ1n) is 4.90. The number of hydrogen-bond donors (Lipinski definition) is 0. The number of methoxy groups -OCH3 is 1. The molecular weight excluding hydrogens is 188 g/mol. The summed E-state index contributed by atoms with van der Waals surface area (Å²) in [7, 11) is 1.66. The fourth-order valence-electron chi connectivity index (χ4n) is 0.840. The van der Waals surface area contributed by atoms with Gasteiger partial charge in [0, 0.05) is 6.42 Å². The lowest BCUT2D eigenvalue weighted by atomic mass is 10.3. The van der Waals surface area contributed by atoms with Gasteiger partial charge in [-0.2, -0.15) is 0 Å². The topological polar surface area (TPSA) is 26.3 Å². The van der Waals surface area contributed by atoms with Crippen molar-refractivity contribution in [2.75, 3.05) is 7.11 Å². The summed E-state index contributed by atoms with van der Waals surface area (Å²) < 4.78 is 4.91. The second-order valence-electron chi connectivity index (χ2n) is 2.99. The van der Waals surface area contributed by atoms with E-state index >= 15 is 0 Å². The van der Waals surface area contributed by atoms with Crippen LogP contribution in [0.15, 0.2) is 42.5 Å². The van der Waals surface area contributed by atoms with Crippen molar-refractivity contribution in [1.29, 1.82) is 0 Å². The van der Waals surface area contributed by atoms with Crippen molar-refractivity contribution >= 4 is 5.78 Å². The van der Waals surface area contributed by atoms with E-state index in [0.29, 0.717) is 6.42 Å². The number of hydrogen-bond acceptors (Lipinski definition) is 2. The van der Waals surface area contributed by atoms with E-state index < -0.39 is 0 Å². The van der Waals surface area contributed by atoms with Crippen molar-refractivity contribution in [2.24, 2.45) is 0 Å². The number of ether oxygens (including phenoxy) is 1. The molecule has 0 amide bonds. The van der Waals surface area contributed by atoms with E-state index in [4.69, 9.17) is 4.74 Å². The summed E-state index contributed by atoms with van der Waals surface area (Å²) in [4.78, 5) is 10.2. The van der Waals surface area contributed by atoms with E-state index in [2.05, 4.69) is 0 Å². The van der Waals surface area contributed by atoms with Crippen LogP contribution in [0.4, 0.5) is 0 Å². The third-order valence-corrected chi connectivity index (χ3v) is 1.62. The zero-order chi connectivity index (χ0) is 11.5. The Morgan fingerprint density at radius 1 is 1.33 bits per heavy atom. The average Bonchev–Trinajstić information content (AvgIpc) is 2.28. The molecule has 82 valence electrons. The summed E-state index contributed by atoms with van der Waals surface area (Å²) in [5.74, 6) is 1.13. The molecular formula is C13H18O2. The maximum Gasteiger partial charge on any atom is 0.133 e. The first-order chi connectivity index (χ1) is 7.20. The van der Waals surface area contributed by atoms with Gasteiger partial charge in [-0.1, -0.05) is 30.4 Å². The minimum Gasteiger partial charge on any atom is -0.497 e. The summed E-state index contributed by atoms with van der Waals surface area (Å²) in [5, 5.41) is 0. The smallest absolute Gasteiger partial charge is 0.133 e. The van der Waals surface area contributed by atoms with Crippen LogP contribution in [0, 0.1) is 0 Å². The van der Waals surface area contributed by atoms with Crippen molar-refractivity contribution in [3.05, 3.63) is 42.5 Å². The van der Waals surface area contributed by atoms with Crippen LogP contribution < -0.4 is 4.74 Å². The first-order valence-corrected chi connectivity index (χ1v) is 4.90. The second kappa shape index (κ2) is 9.00. The lowest BCUT2D eigenvalue weighted by molar-refractivity contribution is -0.116. The number of carbonyl (C=O) groups excluding carboxylic acids is 1. The minimum absolute atomic E-state index is 0.220. The third kappa shape index (κ3) is 8.75. The number of rotatable bonds is 3. The van der Waals surface area contributed by atoms with E-state index in [9.17, 15) is 4.79 Å². The van der Waals surface area contributed by atoms with Crippen molar-refractivity contribution in [1.82, 2.24) is 0 Å². The number of carbonyl (C=O) groups is 1. The Labute approximate surface area is 91.6 Å². The largest absolute Gasteiger partial charge is 0.497 e. The van der Waals surface area contributed by atoms with E-state index in [1.165, 1.54) is 0 Å². The maximum absolute atomic E-state index is 10.2. The third-order valence-electron chi connectivity index (χ3n) is 1.62. The van der Waals surface area contributed by atoms with Gasteiger partial charge in [-0.3, -0.25) is 4.79 Å². The van der Waals surface area contributed by atoms with Crippen LogP contribution in [0.2, 0.25) is 0 Å². The van der Waals surface area contributed by atoms with E-state index in [1.54, 1.807) is 14.0 Å². The summed E-state index contributed by atoms with van der Waals surface area (Å²) in [5.41, 5.74) is 0. The highest BCUT2D eigenvalue weighted by molar-refractivity contribution is 5.76. The van der Waals surface area contributed by atoms with Crippen LogP contribution in [0.5, 0.6) is 5.75 Å². The first kappa shape index (κ1) is 13.4. The average molecular weight is 206 g/mol. The van der Waals surface area contributed by atoms with Gasteiger partial charge < -0.3 is 4.74 Å². The predicted molar refractivity (Wildman–Crippen MR) is 63.1 cm³/mol. The Kier molecular flexibility index (Phi) is 8.06. The van der Waals surface area contributed by atoms with Crippen LogP contribution in [0.25, 0.3) is 0 Å². The van der Waals surface area contributed by atoms with Gasteiger partial charge in [0.2, 0.25) is 0 Å². The standard InChI is InChI=1S/C7H8O.C6H10O/c1-8-7-5-3-2-4-6-7;1-3-4-5-6(2)7/h2-6H,1H3;3-4H,5H2,1-2H3/b;4-3+. The zero-order valence-corrected chi connectivity index (χ0v) is 9.57. The van der Waals surface area contributed by atoms with Gasteiger partial charge in [-0.25, -0.2) is 0 Å². The van der Waals surface area contributed by atoms with E-state index in [-0.39, 0.29) is 5.78 Å². The molecule has 0 bridgehead atoms. The highest BCUT2D eigenvalue weighted by atomic mass is 16.5. The molecule has 1 aromatic rings. The van der Waals surface area contributed by atoms with Crippen molar-refractivity contribution in [3.63, 3.8) is 0 Å². The number of ketones is 1. The normalized spacial score (nSPS) is 9.27. The van der Waals surface area contributed by atoms with Gasteiger partial charge in [-0.05, 0) is 26.0 Å². The molecule has 1 rings (SSSR count). The molecule has 2 nitrogen and oxygen atoms in total. The molecule has 1 aromatic carbocycles. The highest BCUT2D eigenvalue weighted by Crippen LogP contribution is 2.05. The van der Waals surface area contributed by atoms with Crippen LogP contribution in [0.3, 0.4) is 0 Å². The van der Waals surface area contributed by atoms with E-state index in [1.807, 2.05) is 49.4 Å². The molecule has 0 aliphatic carbocycles. The van der Waals surface area contributed by atoms with Gasteiger partial charge in [0.05, 0.1) is 7.11 Å². The maximum atomic E-state index is 10.2. The Bertz CT molecular complexity index is 289. The van der Waals surface area contributed by atoms with Crippen molar-refractivity contribution < 1.29 is 9.53 Å². The van der Waals surface area contributed by atoms with E-state index in [0.717, 1.165) is 5.75 Å². The van der Waals surface area contributed by atoms with Crippen LogP contribution in [-0.2, 0) is 4.79 Å². The van der Waals surface area contributed by atoms with Gasteiger partial charge in [0.1, 0.15) is 11.5 Å². The molecule has 0 fully saturated rings. The Balaban J connectivity index is 0.000000265.